The lowest BCUT2D eigenvalue weighted by atomic mass is 9.76. The Morgan fingerprint density at radius 2 is 1.43 bits per heavy atom. The summed E-state index contributed by atoms with van der Waals surface area (Å²) in [6, 6.07) is 13.0. The Hall–Kier alpha value is -3.41. The summed E-state index contributed by atoms with van der Waals surface area (Å²) in [5.41, 5.74) is 2.78. The molecule has 6 nitrogen and oxygen atoms in total. The molecule has 2 aromatic rings. The van der Waals surface area contributed by atoms with Crippen molar-refractivity contribution in [3.05, 3.63) is 76.1 Å². The number of benzene rings is 2. The van der Waals surface area contributed by atoms with Crippen LogP contribution in [-0.4, -0.2) is 37.2 Å². The molecule has 0 aliphatic heterocycles. The SMILES string of the molecule is CCCCOC1=C(C(=O)NCCCOc2ccc(C(C)(C)CC)cc2C(C)(C)CC)C(=O)c2ccccc2C1=O. The molecule has 0 bridgehead atoms. The van der Waals surface area contributed by atoms with E-state index in [0.717, 1.165) is 25.0 Å². The quantitative estimate of drug-likeness (QED) is 0.202. The van der Waals surface area contributed by atoms with Crippen molar-refractivity contribution < 1.29 is 23.9 Å². The lowest BCUT2D eigenvalue weighted by Crippen LogP contribution is -2.35. The van der Waals surface area contributed by atoms with E-state index in [9.17, 15) is 14.4 Å². The first-order chi connectivity index (χ1) is 19.0. The monoisotopic (exact) mass is 547 g/mol. The standard InChI is InChI=1S/C34H45NO5/c1-8-11-20-40-31-28(29(36)24-15-12-13-16-25(24)30(31)37)32(38)35-19-14-21-39-27-18-17-23(33(4,5)9-2)22-26(27)34(6,7)10-3/h12-13,15-18,22H,8-11,14,19-21H2,1-7H3,(H,35,38). The molecule has 1 N–H and O–H groups in total. The summed E-state index contributed by atoms with van der Waals surface area (Å²) < 4.78 is 11.9. The summed E-state index contributed by atoms with van der Waals surface area (Å²) in [5, 5.41) is 2.80. The largest absolute Gasteiger partial charge is 0.493 e. The summed E-state index contributed by atoms with van der Waals surface area (Å²) in [7, 11) is 0. The molecule has 0 fully saturated rings. The van der Waals surface area contributed by atoms with E-state index < -0.39 is 17.5 Å². The van der Waals surface area contributed by atoms with Crippen LogP contribution in [0.5, 0.6) is 5.75 Å². The van der Waals surface area contributed by atoms with Crippen molar-refractivity contribution in [2.75, 3.05) is 19.8 Å². The van der Waals surface area contributed by atoms with E-state index in [-0.39, 0.29) is 39.9 Å². The zero-order valence-electron chi connectivity index (χ0n) is 25.2. The van der Waals surface area contributed by atoms with Gasteiger partial charge in [0.1, 0.15) is 11.3 Å². The molecule has 40 heavy (non-hydrogen) atoms. The van der Waals surface area contributed by atoms with Gasteiger partial charge in [-0.1, -0.05) is 91.3 Å². The van der Waals surface area contributed by atoms with Gasteiger partial charge in [0.25, 0.3) is 5.91 Å². The number of allylic oxidation sites excluding steroid dienone is 1. The maximum absolute atomic E-state index is 13.2. The van der Waals surface area contributed by atoms with E-state index in [1.165, 1.54) is 11.1 Å². The third kappa shape index (κ3) is 6.83. The second-order valence-electron chi connectivity index (χ2n) is 11.8. The number of carbonyl (C=O) groups is 3. The zero-order chi connectivity index (χ0) is 29.5. The molecule has 0 aromatic heterocycles. The van der Waals surface area contributed by atoms with E-state index in [0.29, 0.717) is 26.0 Å². The third-order valence-electron chi connectivity index (χ3n) is 8.17. The lowest BCUT2D eigenvalue weighted by Gasteiger charge is -2.30. The number of ether oxygens (including phenoxy) is 2. The summed E-state index contributed by atoms with van der Waals surface area (Å²) in [6.07, 6.45) is 4.14. The van der Waals surface area contributed by atoms with Crippen molar-refractivity contribution in [1.82, 2.24) is 5.32 Å². The highest BCUT2D eigenvalue weighted by Gasteiger charge is 2.37. The molecule has 6 heteroatoms. The topological polar surface area (TPSA) is 81.7 Å². The van der Waals surface area contributed by atoms with Crippen LogP contribution in [0.2, 0.25) is 0 Å². The highest BCUT2D eigenvalue weighted by Crippen LogP contribution is 2.38. The Morgan fingerprint density at radius 1 is 0.800 bits per heavy atom. The molecule has 0 heterocycles. The second kappa shape index (κ2) is 13.3. The fourth-order valence-electron chi connectivity index (χ4n) is 4.56. The van der Waals surface area contributed by atoms with Crippen LogP contribution in [-0.2, 0) is 20.4 Å². The minimum atomic E-state index is -0.599. The van der Waals surface area contributed by atoms with Gasteiger partial charge in [-0.05, 0) is 48.1 Å². The van der Waals surface area contributed by atoms with E-state index in [4.69, 9.17) is 9.47 Å². The predicted molar refractivity (Wildman–Crippen MR) is 159 cm³/mol. The molecule has 1 aliphatic carbocycles. The number of hydrogen-bond donors (Lipinski definition) is 1. The van der Waals surface area contributed by atoms with Gasteiger partial charge >= 0.3 is 0 Å². The molecule has 2 aromatic carbocycles. The molecule has 0 spiro atoms. The van der Waals surface area contributed by atoms with Gasteiger partial charge in [0, 0.05) is 23.2 Å². The summed E-state index contributed by atoms with van der Waals surface area (Å²) in [4.78, 5) is 39.5. The first-order valence-electron chi connectivity index (χ1n) is 14.6. The molecule has 0 atom stereocenters. The van der Waals surface area contributed by atoms with Crippen LogP contribution in [0.1, 0.15) is 112 Å². The Bertz CT molecular complexity index is 1270. The number of rotatable bonds is 14. The third-order valence-corrected chi connectivity index (χ3v) is 8.17. The molecular weight excluding hydrogens is 502 g/mol. The molecule has 3 rings (SSSR count). The van der Waals surface area contributed by atoms with E-state index in [1.54, 1.807) is 24.3 Å². The second-order valence-corrected chi connectivity index (χ2v) is 11.8. The van der Waals surface area contributed by atoms with E-state index in [2.05, 4.69) is 65.1 Å². The Kier molecular flexibility index (Phi) is 10.3. The number of carbonyl (C=O) groups excluding carboxylic acids is 3. The van der Waals surface area contributed by atoms with Crippen LogP contribution < -0.4 is 10.1 Å². The summed E-state index contributed by atoms with van der Waals surface area (Å²) in [6.45, 7) is 16.3. The Balaban J connectivity index is 1.70. The average molecular weight is 548 g/mol. The van der Waals surface area contributed by atoms with E-state index in [1.807, 2.05) is 6.92 Å². The van der Waals surface area contributed by atoms with Crippen molar-refractivity contribution in [3.63, 3.8) is 0 Å². The highest BCUT2D eigenvalue weighted by molar-refractivity contribution is 6.35. The molecule has 0 unspecified atom stereocenters. The van der Waals surface area contributed by atoms with Crippen molar-refractivity contribution in [1.29, 1.82) is 0 Å². The Labute approximate surface area is 239 Å². The summed E-state index contributed by atoms with van der Waals surface area (Å²) >= 11 is 0. The minimum absolute atomic E-state index is 0.0474. The first-order valence-corrected chi connectivity index (χ1v) is 14.6. The number of nitrogens with one attached hydrogen (secondary N) is 1. The number of ketones is 2. The zero-order valence-corrected chi connectivity index (χ0v) is 25.2. The van der Waals surface area contributed by atoms with Gasteiger partial charge in [0.15, 0.2) is 5.76 Å². The smallest absolute Gasteiger partial charge is 0.259 e. The van der Waals surface area contributed by atoms with Crippen LogP contribution in [0.4, 0.5) is 0 Å². The minimum Gasteiger partial charge on any atom is -0.493 e. The van der Waals surface area contributed by atoms with Crippen LogP contribution in [0, 0.1) is 0 Å². The van der Waals surface area contributed by atoms with Crippen molar-refractivity contribution in [2.45, 2.75) is 91.4 Å². The lowest BCUT2D eigenvalue weighted by molar-refractivity contribution is -0.117. The average Bonchev–Trinajstić information content (AvgIpc) is 2.95. The van der Waals surface area contributed by atoms with Gasteiger partial charge < -0.3 is 14.8 Å². The molecule has 0 saturated heterocycles. The van der Waals surface area contributed by atoms with Gasteiger partial charge in [-0.3, -0.25) is 14.4 Å². The molecule has 216 valence electrons. The number of Topliss-reactive ketones (excluding diaryl/α,β-unsaturated/α-hetero) is 2. The molecule has 0 saturated carbocycles. The van der Waals surface area contributed by atoms with Gasteiger partial charge in [0.05, 0.1) is 13.2 Å². The normalized spacial score (nSPS) is 13.8. The molecule has 1 amide bonds. The first kappa shape index (κ1) is 31.1. The van der Waals surface area contributed by atoms with Crippen LogP contribution >= 0.6 is 0 Å². The Morgan fingerprint density at radius 3 is 2.05 bits per heavy atom. The van der Waals surface area contributed by atoms with Crippen molar-refractivity contribution in [2.24, 2.45) is 0 Å². The predicted octanol–water partition coefficient (Wildman–Crippen LogP) is 7.10. The van der Waals surface area contributed by atoms with Crippen molar-refractivity contribution in [3.8, 4) is 5.75 Å². The maximum Gasteiger partial charge on any atom is 0.259 e. The molecule has 0 radical (unpaired) electrons. The number of fused-ring (bicyclic) bond motifs is 1. The van der Waals surface area contributed by atoms with Gasteiger partial charge in [-0.25, -0.2) is 0 Å². The van der Waals surface area contributed by atoms with Crippen LogP contribution in [0.3, 0.4) is 0 Å². The van der Waals surface area contributed by atoms with Crippen molar-refractivity contribution >= 4 is 17.5 Å². The fourth-order valence-corrected chi connectivity index (χ4v) is 4.56. The van der Waals surface area contributed by atoms with E-state index >= 15 is 0 Å². The number of amides is 1. The van der Waals surface area contributed by atoms with Crippen LogP contribution in [0.25, 0.3) is 0 Å². The highest BCUT2D eigenvalue weighted by atomic mass is 16.5. The fraction of sp³-hybridized carbons (Fsp3) is 0.500. The van der Waals surface area contributed by atoms with Gasteiger partial charge in [-0.15, -0.1) is 0 Å². The maximum atomic E-state index is 13.2. The van der Waals surface area contributed by atoms with Gasteiger partial charge in [0.2, 0.25) is 11.6 Å². The summed E-state index contributed by atoms with van der Waals surface area (Å²) in [5.74, 6) is -0.823. The molecule has 1 aliphatic rings. The van der Waals surface area contributed by atoms with Gasteiger partial charge in [-0.2, -0.15) is 0 Å². The number of unbranched alkanes of at least 4 members (excludes halogenated alkanes) is 1. The number of hydrogen-bond acceptors (Lipinski definition) is 5. The molecular formula is C34H45NO5. The van der Waals surface area contributed by atoms with Crippen LogP contribution in [0.15, 0.2) is 53.8 Å².